The Kier molecular flexibility index (Phi) is 4.06. The number of aromatic amines is 1. The molecule has 0 radical (unpaired) electrons. The summed E-state index contributed by atoms with van der Waals surface area (Å²) >= 11 is 0. The molecule has 1 fully saturated rings. The van der Waals surface area contributed by atoms with E-state index in [-0.39, 0.29) is 11.7 Å². The highest BCUT2D eigenvalue weighted by molar-refractivity contribution is 5.94. The maximum Gasteiger partial charge on any atom is 0.232 e. The molecule has 0 bridgehead atoms. The Bertz CT molecular complexity index is 936. The molecule has 3 aromatic rings. The fraction of sp³-hybridized carbons (Fsp3) is 0.316. The van der Waals surface area contributed by atoms with Crippen LogP contribution in [0.15, 0.2) is 36.7 Å². The van der Waals surface area contributed by atoms with Gasteiger partial charge in [0.25, 0.3) is 0 Å². The summed E-state index contributed by atoms with van der Waals surface area (Å²) in [6, 6.07) is 6.61. The van der Waals surface area contributed by atoms with Crippen molar-refractivity contribution in [3.05, 3.63) is 59.3 Å². The number of H-pyrrole nitrogens is 1. The fourth-order valence-corrected chi connectivity index (χ4v) is 2.94. The lowest BCUT2D eigenvalue weighted by Gasteiger charge is -2.08. The van der Waals surface area contributed by atoms with Crippen molar-refractivity contribution >= 4 is 11.7 Å². The second kappa shape index (κ2) is 6.40. The molecule has 1 aliphatic carbocycles. The summed E-state index contributed by atoms with van der Waals surface area (Å²) in [6.45, 7) is 3.63. The summed E-state index contributed by atoms with van der Waals surface area (Å²) in [7, 11) is 0. The number of aryl methyl sites for hydroxylation is 1. The second-order valence-corrected chi connectivity index (χ2v) is 6.90. The zero-order valence-corrected chi connectivity index (χ0v) is 14.7. The van der Waals surface area contributed by atoms with Crippen molar-refractivity contribution in [1.29, 1.82) is 0 Å². The van der Waals surface area contributed by atoms with Crippen LogP contribution in [0, 0.1) is 12.7 Å². The number of amides is 1. The van der Waals surface area contributed by atoms with Crippen LogP contribution < -0.4 is 5.32 Å². The largest absolute Gasteiger partial charge is 0.309 e. The first-order valence-electron chi connectivity index (χ1n) is 8.68. The summed E-state index contributed by atoms with van der Waals surface area (Å²) in [6.07, 6.45) is 5.72. The first kappa shape index (κ1) is 16.5. The van der Waals surface area contributed by atoms with Crippen LogP contribution in [0.4, 0.5) is 10.2 Å². The lowest BCUT2D eigenvalue weighted by atomic mass is 10.0. The summed E-state index contributed by atoms with van der Waals surface area (Å²) in [5.41, 5.74) is 3.26. The van der Waals surface area contributed by atoms with Crippen LogP contribution in [-0.2, 0) is 4.79 Å². The van der Waals surface area contributed by atoms with Crippen molar-refractivity contribution in [3.8, 4) is 5.69 Å². The molecule has 26 heavy (non-hydrogen) atoms. The van der Waals surface area contributed by atoms with Gasteiger partial charge in [-0.15, -0.1) is 0 Å². The van der Waals surface area contributed by atoms with Gasteiger partial charge in [-0.3, -0.25) is 9.89 Å². The minimum Gasteiger partial charge on any atom is -0.309 e. The lowest BCUT2D eigenvalue weighted by Crippen LogP contribution is -2.18. The average molecular weight is 353 g/mol. The molecule has 134 valence electrons. The van der Waals surface area contributed by atoms with E-state index >= 15 is 0 Å². The van der Waals surface area contributed by atoms with E-state index in [0.29, 0.717) is 17.4 Å². The normalized spacial score (nSPS) is 15.0. The van der Waals surface area contributed by atoms with Crippen LogP contribution in [0.1, 0.15) is 48.4 Å². The van der Waals surface area contributed by atoms with E-state index in [1.807, 2.05) is 26.0 Å². The van der Waals surface area contributed by atoms with E-state index < -0.39 is 5.92 Å². The molecule has 1 amide bonds. The lowest BCUT2D eigenvalue weighted by molar-refractivity contribution is -0.117. The molecule has 0 unspecified atom stereocenters. The Morgan fingerprint density at radius 3 is 2.88 bits per heavy atom. The molecule has 1 aromatic carbocycles. The molecular weight excluding hydrogens is 333 g/mol. The number of hydrogen-bond acceptors (Lipinski definition) is 3. The monoisotopic (exact) mass is 353 g/mol. The highest BCUT2D eigenvalue weighted by atomic mass is 19.1. The van der Waals surface area contributed by atoms with Gasteiger partial charge in [0.15, 0.2) is 5.82 Å². The van der Waals surface area contributed by atoms with Crippen LogP contribution in [-0.4, -0.2) is 25.9 Å². The molecule has 1 saturated carbocycles. The Balaban J connectivity index is 1.47. The standard InChI is InChI=1S/C19H20FN5O/c1-11-5-15(20)7-16(6-11)25-10-14(9-21-25)12(2)19(26)22-18-8-17(23-24-18)13-3-4-13/h5-10,12-13H,3-4H2,1-2H3,(H2,22,23,24,26)/t12-/m0/s1. The molecule has 1 atom stereocenters. The molecule has 2 heterocycles. The predicted octanol–water partition coefficient (Wildman–Crippen LogP) is 3.66. The van der Waals surface area contributed by atoms with Gasteiger partial charge >= 0.3 is 0 Å². The van der Waals surface area contributed by atoms with Crippen LogP contribution in [0.5, 0.6) is 0 Å². The first-order valence-corrected chi connectivity index (χ1v) is 8.68. The number of benzene rings is 1. The van der Waals surface area contributed by atoms with Gasteiger partial charge in [0, 0.05) is 29.4 Å². The zero-order chi connectivity index (χ0) is 18.3. The van der Waals surface area contributed by atoms with Crippen molar-refractivity contribution in [2.45, 2.75) is 38.5 Å². The zero-order valence-electron chi connectivity index (χ0n) is 14.7. The molecule has 4 rings (SSSR count). The van der Waals surface area contributed by atoms with Gasteiger partial charge in [0.2, 0.25) is 5.91 Å². The molecule has 7 heteroatoms. The van der Waals surface area contributed by atoms with Gasteiger partial charge in [-0.2, -0.15) is 10.2 Å². The van der Waals surface area contributed by atoms with Crippen LogP contribution >= 0.6 is 0 Å². The second-order valence-electron chi connectivity index (χ2n) is 6.90. The number of rotatable bonds is 5. The van der Waals surface area contributed by atoms with Gasteiger partial charge in [0.1, 0.15) is 5.82 Å². The minimum absolute atomic E-state index is 0.159. The number of carbonyl (C=O) groups excluding carboxylic acids is 1. The number of halogens is 1. The Hall–Kier alpha value is -2.96. The highest BCUT2D eigenvalue weighted by Gasteiger charge is 2.26. The number of anilines is 1. The third kappa shape index (κ3) is 3.37. The average Bonchev–Trinajstić information content (AvgIpc) is 3.15. The number of nitrogens with zero attached hydrogens (tertiary/aromatic N) is 3. The SMILES string of the molecule is Cc1cc(F)cc(-n2cc([C@H](C)C(=O)Nc3cc(C4CC4)[nH]n3)cn2)c1. The number of carbonyl (C=O) groups is 1. The quantitative estimate of drug-likeness (QED) is 0.735. The van der Waals surface area contributed by atoms with Crippen molar-refractivity contribution in [3.63, 3.8) is 0 Å². The maximum atomic E-state index is 13.6. The van der Waals surface area contributed by atoms with Crippen molar-refractivity contribution in [2.75, 3.05) is 5.32 Å². The van der Waals surface area contributed by atoms with Gasteiger partial charge in [0.05, 0.1) is 17.8 Å². The highest BCUT2D eigenvalue weighted by Crippen LogP contribution is 2.39. The fourth-order valence-electron chi connectivity index (χ4n) is 2.94. The first-order chi connectivity index (χ1) is 12.5. The minimum atomic E-state index is -0.403. The van der Waals surface area contributed by atoms with Gasteiger partial charge in [-0.25, -0.2) is 9.07 Å². The Morgan fingerprint density at radius 1 is 1.35 bits per heavy atom. The van der Waals surface area contributed by atoms with Gasteiger partial charge in [-0.05, 0) is 50.5 Å². The molecule has 0 aliphatic heterocycles. The number of hydrogen-bond donors (Lipinski definition) is 2. The van der Waals surface area contributed by atoms with Crippen LogP contribution in [0.25, 0.3) is 5.69 Å². The van der Waals surface area contributed by atoms with E-state index in [2.05, 4.69) is 20.6 Å². The van der Waals surface area contributed by atoms with E-state index in [4.69, 9.17) is 0 Å². The maximum absolute atomic E-state index is 13.6. The third-order valence-corrected chi connectivity index (χ3v) is 4.65. The van der Waals surface area contributed by atoms with E-state index in [9.17, 15) is 9.18 Å². The van der Waals surface area contributed by atoms with Crippen molar-refractivity contribution < 1.29 is 9.18 Å². The van der Waals surface area contributed by atoms with Crippen LogP contribution in [0.3, 0.4) is 0 Å². The predicted molar refractivity (Wildman–Crippen MR) is 95.9 cm³/mol. The number of nitrogens with one attached hydrogen (secondary N) is 2. The Labute approximate surface area is 150 Å². The van der Waals surface area contributed by atoms with Crippen molar-refractivity contribution in [1.82, 2.24) is 20.0 Å². The third-order valence-electron chi connectivity index (χ3n) is 4.65. The molecule has 1 aliphatic rings. The summed E-state index contributed by atoms with van der Waals surface area (Å²) < 4.78 is 15.2. The van der Waals surface area contributed by atoms with E-state index in [0.717, 1.165) is 16.8 Å². The molecule has 0 saturated heterocycles. The van der Waals surface area contributed by atoms with E-state index in [1.54, 1.807) is 17.1 Å². The Morgan fingerprint density at radius 2 is 2.15 bits per heavy atom. The van der Waals surface area contributed by atoms with Gasteiger partial charge < -0.3 is 5.32 Å². The van der Waals surface area contributed by atoms with Gasteiger partial charge in [-0.1, -0.05) is 0 Å². The van der Waals surface area contributed by atoms with E-state index in [1.165, 1.54) is 25.0 Å². The smallest absolute Gasteiger partial charge is 0.232 e. The molecule has 6 nitrogen and oxygen atoms in total. The summed E-state index contributed by atoms with van der Waals surface area (Å²) in [5, 5.41) is 14.2. The molecule has 2 aromatic heterocycles. The molecular formula is C19H20FN5O. The topological polar surface area (TPSA) is 75.6 Å². The van der Waals surface area contributed by atoms with Crippen LogP contribution in [0.2, 0.25) is 0 Å². The molecule has 0 spiro atoms. The number of aromatic nitrogens is 4. The summed E-state index contributed by atoms with van der Waals surface area (Å²) in [5.74, 6) is 0.219. The summed E-state index contributed by atoms with van der Waals surface area (Å²) in [4.78, 5) is 12.5. The van der Waals surface area contributed by atoms with Crippen molar-refractivity contribution in [2.24, 2.45) is 0 Å². The molecule has 2 N–H and O–H groups in total.